The highest BCUT2D eigenvalue weighted by Crippen LogP contribution is 2.27. The van der Waals surface area contributed by atoms with E-state index in [2.05, 4.69) is 0 Å². The molecule has 0 heterocycles. The van der Waals surface area contributed by atoms with E-state index in [4.69, 9.17) is 0 Å². The topological polar surface area (TPSA) is 74.7 Å². The van der Waals surface area contributed by atoms with Gasteiger partial charge >= 0.3 is 5.97 Å². The Labute approximate surface area is 120 Å². The molecule has 1 aromatic carbocycles. The van der Waals surface area contributed by atoms with Gasteiger partial charge in [-0.2, -0.15) is 4.31 Å². The number of aryl methyl sites for hydroxylation is 1. The number of hydrogen-bond acceptors (Lipinski definition) is 3. The molecule has 0 atom stereocenters. The molecule has 0 amide bonds. The first-order valence-electron chi connectivity index (χ1n) is 6.36. The minimum atomic E-state index is -3.87. The van der Waals surface area contributed by atoms with Gasteiger partial charge in [-0.1, -0.05) is 17.7 Å². The Morgan fingerprint density at radius 1 is 1.20 bits per heavy atom. The van der Waals surface area contributed by atoms with E-state index >= 15 is 0 Å². The maximum absolute atomic E-state index is 12.7. The fourth-order valence-electron chi connectivity index (χ4n) is 2.14. The summed E-state index contributed by atoms with van der Waals surface area (Å²) < 4.78 is 26.4. The first kappa shape index (κ1) is 16.7. The molecule has 0 radical (unpaired) electrons. The first-order chi connectivity index (χ1) is 9.01. The van der Waals surface area contributed by atoms with Gasteiger partial charge in [-0.15, -0.1) is 0 Å². The number of carbonyl (C=O) groups is 1. The number of carboxylic acids is 1. The van der Waals surface area contributed by atoms with Crippen LogP contribution in [-0.2, 0) is 14.8 Å². The summed E-state index contributed by atoms with van der Waals surface area (Å²) >= 11 is 0. The average Bonchev–Trinajstić information content (AvgIpc) is 2.27. The zero-order valence-electron chi connectivity index (χ0n) is 12.4. The average molecular weight is 299 g/mol. The van der Waals surface area contributed by atoms with Crippen molar-refractivity contribution in [2.24, 2.45) is 0 Å². The maximum Gasteiger partial charge on any atom is 0.324 e. The normalized spacial score (nSPS) is 12.9. The van der Waals surface area contributed by atoms with E-state index in [0.29, 0.717) is 0 Å². The summed E-state index contributed by atoms with van der Waals surface area (Å²) in [4.78, 5) is 11.5. The van der Waals surface area contributed by atoms with Crippen molar-refractivity contribution in [3.8, 4) is 0 Å². The van der Waals surface area contributed by atoms with Gasteiger partial charge in [0.1, 0.15) is 5.54 Å². The SMILES string of the molecule is Cc1ccc(S(=O)(=O)N(C(C)C)C(C)(C)C(=O)O)cc1. The third-order valence-electron chi connectivity index (χ3n) is 3.12. The molecule has 0 spiro atoms. The zero-order valence-corrected chi connectivity index (χ0v) is 13.2. The second-order valence-electron chi connectivity index (χ2n) is 5.57. The molecule has 0 fully saturated rings. The Morgan fingerprint density at radius 2 is 1.65 bits per heavy atom. The van der Waals surface area contributed by atoms with Crippen molar-refractivity contribution < 1.29 is 18.3 Å². The van der Waals surface area contributed by atoms with Crippen molar-refractivity contribution in [3.05, 3.63) is 29.8 Å². The Bertz CT molecular complexity index is 588. The number of aliphatic carboxylic acids is 1. The van der Waals surface area contributed by atoms with Crippen LogP contribution in [0.1, 0.15) is 33.3 Å². The van der Waals surface area contributed by atoms with Crippen LogP contribution in [0.2, 0.25) is 0 Å². The smallest absolute Gasteiger partial charge is 0.324 e. The van der Waals surface area contributed by atoms with Crippen molar-refractivity contribution in [2.45, 2.75) is 51.1 Å². The summed E-state index contributed by atoms with van der Waals surface area (Å²) in [5, 5.41) is 9.31. The van der Waals surface area contributed by atoms with Crippen LogP contribution in [0.25, 0.3) is 0 Å². The quantitative estimate of drug-likeness (QED) is 0.905. The van der Waals surface area contributed by atoms with Crippen LogP contribution in [0.4, 0.5) is 0 Å². The van der Waals surface area contributed by atoms with Crippen LogP contribution in [0.15, 0.2) is 29.2 Å². The highest BCUT2D eigenvalue weighted by Gasteiger charge is 2.44. The molecular weight excluding hydrogens is 278 g/mol. The third-order valence-corrected chi connectivity index (χ3v) is 5.39. The summed E-state index contributed by atoms with van der Waals surface area (Å²) in [6.45, 7) is 7.97. The highest BCUT2D eigenvalue weighted by atomic mass is 32.2. The van der Waals surface area contributed by atoms with Crippen LogP contribution in [0.3, 0.4) is 0 Å². The van der Waals surface area contributed by atoms with E-state index in [-0.39, 0.29) is 4.90 Å². The molecule has 0 aromatic heterocycles. The molecule has 0 aliphatic heterocycles. The lowest BCUT2D eigenvalue weighted by Crippen LogP contribution is -2.55. The van der Waals surface area contributed by atoms with Gasteiger partial charge < -0.3 is 5.11 Å². The van der Waals surface area contributed by atoms with Gasteiger partial charge in [0, 0.05) is 6.04 Å². The lowest BCUT2D eigenvalue weighted by Gasteiger charge is -2.36. The molecule has 0 saturated heterocycles. The molecule has 0 saturated carbocycles. The number of rotatable bonds is 5. The van der Waals surface area contributed by atoms with Crippen LogP contribution in [-0.4, -0.2) is 35.4 Å². The third kappa shape index (κ3) is 3.02. The molecule has 5 nitrogen and oxygen atoms in total. The lowest BCUT2D eigenvalue weighted by atomic mass is 10.1. The summed E-state index contributed by atoms with van der Waals surface area (Å²) in [7, 11) is -3.87. The molecule has 112 valence electrons. The largest absolute Gasteiger partial charge is 0.480 e. The van der Waals surface area contributed by atoms with Crippen molar-refractivity contribution in [1.29, 1.82) is 0 Å². The van der Waals surface area contributed by atoms with Gasteiger partial charge in [0.05, 0.1) is 4.90 Å². The Kier molecular flexibility index (Phi) is 4.61. The Morgan fingerprint density at radius 3 is 2.00 bits per heavy atom. The first-order valence-corrected chi connectivity index (χ1v) is 7.80. The number of sulfonamides is 1. The van der Waals surface area contributed by atoms with Crippen molar-refractivity contribution in [2.75, 3.05) is 0 Å². The zero-order chi connectivity index (χ0) is 15.7. The number of nitrogens with zero attached hydrogens (tertiary/aromatic N) is 1. The fraction of sp³-hybridized carbons (Fsp3) is 0.500. The van der Waals surface area contributed by atoms with Gasteiger partial charge in [0.2, 0.25) is 10.0 Å². The summed E-state index contributed by atoms with van der Waals surface area (Å²) in [6, 6.07) is 5.92. The van der Waals surface area contributed by atoms with Crippen LogP contribution < -0.4 is 0 Å². The van der Waals surface area contributed by atoms with Gasteiger partial charge in [0.25, 0.3) is 0 Å². The standard InChI is InChI=1S/C14H21NO4S/c1-10(2)15(14(4,5)13(16)17)20(18,19)12-8-6-11(3)7-9-12/h6-10H,1-5H3,(H,16,17). The molecular formula is C14H21NO4S. The molecule has 0 unspecified atom stereocenters. The number of hydrogen-bond donors (Lipinski definition) is 1. The second-order valence-corrected chi connectivity index (χ2v) is 7.39. The Balaban J connectivity index is 3.41. The van der Waals surface area contributed by atoms with E-state index in [1.54, 1.807) is 26.0 Å². The van der Waals surface area contributed by atoms with Gasteiger partial charge in [-0.25, -0.2) is 8.42 Å². The van der Waals surface area contributed by atoms with Crippen molar-refractivity contribution in [3.63, 3.8) is 0 Å². The molecule has 20 heavy (non-hydrogen) atoms. The highest BCUT2D eigenvalue weighted by molar-refractivity contribution is 7.89. The Hall–Kier alpha value is -1.40. The number of carboxylic acid groups (broad SMARTS) is 1. The van der Waals surface area contributed by atoms with Crippen LogP contribution >= 0.6 is 0 Å². The minimum absolute atomic E-state index is 0.103. The van der Waals surface area contributed by atoms with Crippen molar-refractivity contribution in [1.82, 2.24) is 4.31 Å². The number of benzene rings is 1. The molecule has 0 bridgehead atoms. The van der Waals surface area contributed by atoms with E-state index in [9.17, 15) is 18.3 Å². The van der Waals surface area contributed by atoms with E-state index in [0.717, 1.165) is 9.87 Å². The summed E-state index contributed by atoms with van der Waals surface area (Å²) in [5.41, 5.74) is -0.574. The summed E-state index contributed by atoms with van der Waals surface area (Å²) in [6.07, 6.45) is 0. The molecule has 1 N–H and O–H groups in total. The van der Waals surface area contributed by atoms with Gasteiger partial charge in [-0.05, 0) is 46.8 Å². The molecule has 1 aromatic rings. The van der Waals surface area contributed by atoms with E-state index in [1.165, 1.54) is 26.0 Å². The maximum atomic E-state index is 12.7. The van der Waals surface area contributed by atoms with E-state index < -0.39 is 27.6 Å². The summed E-state index contributed by atoms with van der Waals surface area (Å²) in [5.74, 6) is -1.18. The van der Waals surface area contributed by atoms with Gasteiger partial charge in [0.15, 0.2) is 0 Å². The predicted molar refractivity (Wildman–Crippen MR) is 77.1 cm³/mol. The van der Waals surface area contributed by atoms with E-state index in [1.807, 2.05) is 6.92 Å². The second kappa shape index (κ2) is 5.54. The molecule has 0 aliphatic carbocycles. The van der Waals surface area contributed by atoms with Gasteiger partial charge in [-0.3, -0.25) is 4.79 Å². The fourth-order valence-corrected chi connectivity index (χ4v) is 4.08. The molecule has 1 rings (SSSR count). The lowest BCUT2D eigenvalue weighted by molar-refractivity contribution is -0.147. The predicted octanol–water partition coefficient (Wildman–Crippen LogP) is 2.26. The minimum Gasteiger partial charge on any atom is -0.480 e. The molecule has 6 heteroatoms. The monoisotopic (exact) mass is 299 g/mol. The molecule has 0 aliphatic rings. The van der Waals surface area contributed by atoms with Crippen molar-refractivity contribution >= 4 is 16.0 Å². The van der Waals surface area contributed by atoms with Crippen LogP contribution in [0, 0.1) is 6.92 Å². The van der Waals surface area contributed by atoms with Crippen LogP contribution in [0.5, 0.6) is 0 Å².